The van der Waals surface area contributed by atoms with Gasteiger partial charge in [0, 0.05) is 0 Å². The first kappa shape index (κ1) is 22.9. The standard InChI is InChI=1S/C26H32.C2H4O/c1-5-23-12-8-9-13-25(23)15-14-24-16-17-26(21(4)20(24)3)19(2)18-22-10-6-7-11-22;1-2-3/h5,8-9,12-13,16-17,22H,1-2,6-7,10-11,14-15,18H2,3-4H3;2H,1H3. The molecule has 0 radical (unpaired) electrons. The van der Waals surface area contributed by atoms with Crippen molar-refractivity contribution < 1.29 is 4.79 Å². The van der Waals surface area contributed by atoms with Crippen molar-refractivity contribution in [3.63, 3.8) is 0 Å². The average Bonchev–Trinajstić information content (AvgIpc) is 3.23. The van der Waals surface area contributed by atoms with Crippen LogP contribution in [0.3, 0.4) is 0 Å². The van der Waals surface area contributed by atoms with Crippen molar-refractivity contribution in [2.45, 2.75) is 65.7 Å². The smallest absolute Gasteiger partial charge is 0.116 e. The van der Waals surface area contributed by atoms with Crippen LogP contribution in [0.15, 0.2) is 49.6 Å². The molecule has 1 aliphatic rings. The summed E-state index contributed by atoms with van der Waals surface area (Å²) >= 11 is 0. The minimum atomic E-state index is 0.750. The van der Waals surface area contributed by atoms with Gasteiger partial charge in [0.25, 0.3) is 0 Å². The summed E-state index contributed by atoms with van der Waals surface area (Å²) in [5, 5.41) is 0. The second kappa shape index (κ2) is 11.6. The molecular weight excluding hydrogens is 352 g/mol. The first-order valence-electron chi connectivity index (χ1n) is 10.9. The van der Waals surface area contributed by atoms with E-state index in [-0.39, 0.29) is 0 Å². The summed E-state index contributed by atoms with van der Waals surface area (Å²) in [6.07, 6.45) is 11.6. The molecule has 154 valence electrons. The second-order valence-corrected chi connectivity index (χ2v) is 8.12. The molecule has 0 heterocycles. The van der Waals surface area contributed by atoms with Crippen LogP contribution in [-0.2, 0) is 17.6 Å². The number of carbonyl (C=O) groups excluding carboxylic acids is 1. The molecule has 0 amide bonds. The van der Waals surface area contributed by atoms with Gasteiger partial charge in [-0.05, 0) is 84.9 Å². The molecule has 0 saturated heterocycles. The zero-order valence-electron chi connectivity index (χ0n) is 18.5. The van der Waals surface area contributed by atoms with Crippen LogP contribution in [0.25, 0.3) is 11.6 Å². The maximum absolute atomic E-state index is 8.81. The normalized spacial score (nSPS) is 13.5. The molecule has 0 bridgehead atoms. The molecule has 2 aromatic rings. The molecule has 29 heavy (non-hydrogen) atoms. The van der Waals surface area contributed by atoms with Crippen molar-refractivity contribution >= 4 is 17.9 Å². The van der Waals surface area contributed by atoms with Crippen LogP contribution in [0.2, 0.25) is 0 Å². The Balaban J connectivity index is 0.000000941. The molecule has 0 atom stereocenters. The lowest BCUT2D eigenvalue weighted by Crippen LogP contribution is -2.02. The zero-order valence-corrected chi connectivity index (χ0v) is 18.5. The van der Waals surface area contributed by atoms with Crippen molar-refractivity contribution in [3.8, 4) is 0 Å². The second-order valence-electron chi connectivity index (χ2n) is 8.12. The van der Waals surface area contributed by atoms with E-state index in [4.69, 9.17) is 4.79 Å². The highest BCUT2D eigenvalue weighted by molar-refractivity contribution is 5.68. The molecule has 2 aromatic carbocycles. The summed E-state index contributed by atoms with van der Waals surface area (Å²) < 4.78 is 0. The lowest BCUT2D eigenvalue weighted by Gasteiger charge is -2.18. The van der Waals surface area contributed by atoms with Crippen molar-refractivity contribution in [1.82, 2.24) is 0 Å². The summed E-state index contributed by atoms with van der Waals surface area (Å²) in [6.45, 7) is 14.4. The Kier molecular flexibility index (Phi) is 9.12. The molecule has 0 aliphatic heterocycles. The van der Waals surface area contributed by atoms with Gasteiger partial charge in [-0.2, -0.15) is 0 Å². The van der Waals surface area contributed by atoms with Crippen LogP contribution in [0.5, 0.6) is 0 Å². The van der Waals surface area contributed by atoms with E-state index in [9.17, 15) is 0 Å². The average molecular weight is 389 g/mol. The number of rotatable bonds is 7. The van der Waals surface area contributed by atoms with Crippen LogP contribution in [-0.4, -0.2) is 6.29 Å². The summed E-state index contributed by atoms with van der Waals surface area (Å²) in [5.74, 6) is 0.859. The third kappa shape index (κ3) is 6.29. The highest BCUT2D eigenvalue weighted by Crippen LogP contribution is 2.34. The number of aldehydes is 1. The predicted octanol–water partition coefficient (Wildman–Crippen LogP) is 7.53. The van der Waals surface area contributed by atoms with E-state index in [2.05, 4.69) is 63.4 Å². The highest BCUT2D eigenvalue weighted by Gasteiger charge is 2.18. The lowest BCUT2D eigenvalue weighted by molar-refractivity contribution is -0.106. The minimum Gasteiger partial charge on any atom is -0.304 e. The number of hydrogen-bond donors (Lipinski definition) is 0. The number of benzene rings is 2. The van der Waals surface area contributed by atoms with E-state index in [1.54, 1.807) is 0 Å². The Morgan fingerprint density at radius 2 is 1.62 bits per heavy atom. The first-order chi connectivity index (χ1) is 14.0. The fourth-order valence-corrected chi connectivity index (χ4v) is 4.43. The van der Waals surface area contributed by atoms with Crippen LogP contribution in [0.1, 0.15) is 72.4 Å². The topological polar surface area (TPSA) is 17.1 Å². The summed E-state index contributed by atoms with van der Waals surface area (Å²) in [5.41, 5.74) is 9.66. The molecule has 1 nitrogen and oxygen atoms in total. The predicted molar refractivity (Wildman–Crippen MR) is 127 cm³/mol. The van der Waals surface area contributed by atoms with E-state index in [1.807, 2.05) is 6.08 Å². The largest absolute Gasteiger partial charge is 0.304 e. The number of aryl methyl sites for hydroxylation is 2. The van der Waals surface area contributed by atoms with Gasteiger partial charge in [-0.25, -0.2) is 0 Å². The van der Waals surface area contributed by atoms with Crippen LogP contribution in [0.4, 0.5) is 0 Å². The third-order valence-electron chi connectivity index (χ3n) is 6.23. The summed E-state index contributed by atoms with van der Waals surface area (Å²) in [7, 11) is 0. The minimum absolute atomic E-state index is 0.750. The molecule has 0 unspecified atom stereocenters. The summed E-state index contributed by atoms with van der Waals surface area (Å²) in [6, 6.07) is 13.2. The van der Waals surface area contributed by atoms with Gasteiger partial charge in [0.05, 0.1) is 0 Å². The van der Waals surface area contributed by atoms with Gasteiger partial charge in [-0.3, -0.25) is 0 Å². The van der Waals surface area contributed by atoms with Crippen LogP contribution < -0.4 is 0 Å². The van der Waals surface area contributed by atoms with E-state index in [0.29, 0.717) is 0 Å². The van der Waals surface area contributed by atoms with Gasteiger partial charge in [-0.15, -0.1) is 0 Å². The van der Waals surface area contributed by atoms with Gasteiger partial charge in [-0.1, -0.05) is 81.3 Å². The number of allylic oxidation sites excluding steroid dienone is 1. The Morgan fingerprint density at radius 3 is 2.28 bits per heavy atom. The molecule has 0 spiro atoms. The molecule has 1 heteroatoms. The fraction of sp³-hybridized carbons (Fsp3) is 0.393. The molecule has 0 N–H and O–H groups in total. The molecule has 3 rings (SSSR count). The highest BCUT2D eigenvalue weighted by atomic mass is 16.1. The Labute approximate surface area is 177 Å². The van der Waals surface area contributed by atoms with E-state index < -0.39 is 0 Å². The quantitative estimate of drug-likeness (QED) is 0.448. The maximum Gasteiger partial charge on any atom is 0.116 e. The van der Waals surface area contributed by atoms with Gasteiger partial charge in [0.1, 0.15) is 6.29 Å². The van der Waals surface area contributed by atoms with Crippen molar-refractivity contribution in [1.29, 1.82) is 0 Å². The van der Waals surface area contributed by atoms with Crippen molar-refractivity contribution in [2.75, 3.05) is 0 Å². The molecule has 0 aromatic heterocycles. The van der Waals surface area contributed by atoms with Crippen LogP contribution >= 0.6 is 0 Å². The SMILES string of the molecule is C=Cc1ccccc1CCc1ccc(C(=C)CC2CCCC2)c(C)c1C.CC=O. The molecule has 1 fully saturated rings. The number of hydrogen-bond acceptors (Lipinski definition) is 1. The summed E-state index contributed by atoms with van der Waals surface area (Å²) in [4.78, 5) is 8.81. The molecule has 1 aliphatic carbocycles. The lowest BCUT2D eigenvalue weighted by atomic mass is 9.87. The van der Waals surface area contributed by atoms with E-state index in [0.717, 1.165) is 25.0 Å². The van der Waals surface area contributed by atoms with Crippen molar-refractivity contribution in [3.05, 3.63) is 82.9 Å². The Hall–Kier alpha value is -2.41. The first-order valence-corrected chi connectivity index (χ1v) is 10.9. The van der Waals surface area contributed by atoms with Crippen LogP contribution in [0, 0.1) is 19.8 Å². The van der Waals surface area contributed by atoms with Gasteiger partial charge >= 0.3 is 0 Å². The van der Waals surface area contributed by atoms with Crippen molar-refractivity contribution in [2.24, 2.45) is 5.92 Å². The molecule has 1 saturated carbocycles. The third-order valence-corrected chi connectivity index (χ3v) is 6.23. The van der Waals surface area contributed by atoms with Gasteiger partial charge in [0.2, 0.25) is 0 Å². The Bertz CT molecular complexity index is 837. The Morgan fingerprint density at radius 1 is 1.00 bits per heavy atom. The van der Waals surface area contributed by atoms with E-state index >= 15 is 0 Å². The molecular formula is C28H36O. The zero-order chi connectivity index (χ0) is 21.2. The number of carbonyl (C=O) groups is 1. The fourth-order valence-electron chi connectivity index (χ4n) is 4.43. The van der Waals surface area contributed by atoms with Gasteiger partial charge in [0.15, 0.2) is 0 Å². The van der Waals surface area contributed by atoms with Gasteiger partial charge < -0.3 is 4.79 Å². The van der Waals surface area contributed by atoms with E-state index in [1.165, 1.54) is 78.0 Å². The maximum atomic E-state index is 8.81. The monoisotopic (exact) mass is 388 g/mol.